The van der Waals surface area contributed by atoms with Crippen LogP contribution in [-0.4, -0.2) is 44.6 Å². The summed E-state index contributed by atoms with van der Waals surface area (Å²) in [4.78, 5) is 0. The Morgan fingerprint density at radius 2 is 2.00 bits per heavy atom. The smallest absolute Gasteiger partial charge is 0.123 e. The highest BCUT2D eigenvalue weighted by atomic mass is 19.1. The topological polar surface area (TPSA) is 50.7 Å². The van der Waals surface area contributed by atoms with Crippen LogP contribution in [0.25, 0.3) is 0 Å². The molecule has 0 radical (unpaired) electrons. The predicted molar refractivity (Wildman–Crippen MR) is 71.9 cm³/mol. The first-order chi connectivity index (χ1) is 9.22. The Labute approximate surface area is 113 Å². The van der Waals surface area contributed by atoms with Crippen molar-refractivity contribution in [3.63, 3.8) is 0 Å². The molecule has 5 heteroatoms. The summed E-state index contributed by atoms with van der Waals surface area (Å²) in [5, 5.41) is 12.8. The molecule has 0 heterocycles. The standard InChI is InChI=1S/C14H22FNO3/c1-18-9-3-2-8-16-10-13(17)11-19-14-6-4-12(15)5-7-14/h4-7,13,16-17H,2-3,8-11H2,1H3. The van der Waals surface area contributed by atoms with Crippen LogP contribution in [0.15, 0.2) is 24.3 Å². The van der Waals surface area contributed by atoms with E-state index in [0.717, 1.165) is 26.0 Å². The molecular weight excluding hydrogens is 249 g/mol. The molecule has 1 rings (SSSR count). The van der Waals surface area contributed by atoms with Crippen molar-refractivity contribution < 1.29 is 19.0 Å². The molecule has 1 aromatic rings. The summed E-state index contributed by atoms with van der Waals surface area (Å²) in [5.41, 5.74) is 0. The van der Waals surface area contributed by atoms with E-state index in [9.17, 15) is 9.50 Å². The Balaban J connectivity index is 2.04. The Morgan fingerprint density at radius 3 is 2.68 bits per heavy atom. The first-order valence-corrected chi connectivity index (χ1v) is 6.48. The van der Waals surface area contributed by atoms with Gasteiger partial charge >= 0.3 is 0 Å². The van der Waals surface area contributed by atoms with E-state index >= 15 is 0 Å². The number of nitrogens with one attached hydrogen (secondary N) is 1. The number of aliphatic hydroxyl groups is 1. The zero-order chi connectivity index (χ0) is 13.9. The summed E-state index contributed by atoms with van der Waals surface area (Å²) in [6.07, 6.45) is 1.44. The van der Waals surface area contributed by atoms with Gasteiger partial charge in [0.05, 0.1) is 0 Å². The molecular formula is C14H22FNO3. The molecule has 0 aromatic heterocycles. The van der Waals surface area contributed by atoms with Crippen molar-refractivity contribution in [3.05, 3.63) is 30.1 Å². The Hall–Kier alpha value is -1.17. The molecule has 19 heavy (non-hydrogen) atoms. The molecule has 0 fully saturated rings. The third kappa shape index (κ3) is 7.77. The number of halogens is 1. The van der Waals surface area contributed by atoms with Gasteiger partial charge in [0.2, 0.25) is 0 Å². The number of hydrogen-bond acceptors (Lipinski definition) is 4. The molecule has 0 aliphatic heterocycles. The van der Waals surface area contributed by atoms with Gasteiger partial charge in [0, 0.05) is 20.3 Å². The largest absolute Gasteiger partial charge is 0.491 e. The lowest BCUT2D eigenvalue weighted by Gasteiger charge is -2.13. The zero-order valence-electron chi connectivity index (χ0n) is 11.3. The van der Waals surface area contributed by atoms with Crippen LogP contribution in [-0.2, 0) is 4.74 Å². The van der Waals surface area contributed by atoms with Gasteiger partial charge in [-0.2, -0.15) is 0 Å². The van der Waals surface area contributed by atoms with Crippen molar-refractivity contribution in [1.82, 2.24) is 5.32 Å². The highest BCUT2D eigenvalue weighted by molar-refractivity contribution is 5.22. The van der Waals surface area contributed by atoms with E-state index in [1.165, 1.54) is 12.1 Å². The number of ether oxygens (including phenoxy) is 2. The summed E-state index contributed by atoms with van der Waals surface area (Å²) in [6.45, 7) is 2.28. The van der Waals surface area contributed by atoms with Gasteiger partial charge in [0.15, 0.2) is 0 Å². The summed E-state index contributed by atoms with van der Waals surface area (Å²) < 4.78 is 22.9. The van der Waals surface area contributed by atoms with E-state index in [-0.39, 0.29) is 12.4 Å². The van der Waals surface area contributed by atoms with Crippen LogP contribution < -0.4 is 10.1 Å². The van der Waals surface area contributed by atoms with E-state index in [1.54, 1.807) is 19.2 Å². The number of aliphatic hydroxyl groups excluding tert-OH is 1. The number of rotatable bonds is 10. The van der Waals surface area contributed by atoms with Gasteiger partial charge in [-0.15, -0.1) is 0 Å². The van der Waals surface area contributed by atoms with E-state index in [1.807, 2.05) is 0 Å². The third-order valence-electron chi connectivity index (χ3n) is 2.59. The van der Waals surface area contributed by atoms with Crippen molar-refractivity contribution in [1.29, 1.82) is 0 Å². The molecule has 1 unspecified atom stereocenters. The number of unbranched alkanes of at least 4 members (excludes halogenated alkanes) is 1. The van der Waals surface area contributed by atoms with Crippen molar-refractivity contribution in [2.45, 2.75) is 18.9 Å². The molecule has 0 bridgehead atoms. The van der Waals surface area contributed by atoms with Crippen LogP contribution in [0.4, 0.5) is 4.39 Å². The molecule has 0 saturated carbocycles. The van der Waals surface area contributed by atoms with Gasteiger partial charge in [0.1, 0.15) is 24.3 Å². The molecule has 1 aromatic carbocycles. The van der Waals surface area contributed by atoms with Gasteiger partial charge in [-0.25, -0.2) is 4.39 Å². The Kier molecular flexibility index (Phi) is 8.13. The zero-order valence-corrected chi connectivity index (χ0v) is 11.3. The van der Waals surface area contributed by atoms with Crippen LogP contribution in [0, 0.1) is 5.82 Å². The van der Waals surface area contributed by atoms with E-state index in [4.69, 9.17) is 9.47 Å². The van der Waals surface area contributed by atoms with Crippen LogP contribution in [0.3, 0.4) is 0 Å². The highest BCUT2D eigenvalue weighted by Gasteiger charge is 2.04. The Bertz CT molecular complexity index is 332. The molecule has 0 amide bonds. The van der Waals surface area contributed by atoms with Gasteiger partial charge < -0.3 is 19.9 Å². The lowest BCUT2D eigenvalue weighted by Crippen LogP contribution is -2.32. The number of methoxy groups -OCH3 is 1. The summed E-state index contributed by atoms with van der Waals surface area (Å²) in [5.74, 6) is 0.256. The van der Waals surface area contributed by atoms with Gasteiger partial charge in [-0.1, -0.05) is 0 Å². The predicted octanol–water partition coefficient (Wildman–Crippen LogP) is 1.58. The van der Waals surface area contributed by atoms with Crippen molar-refractivity contribution in [2.75, 3.05) is 33.4 Å². The summed E-state index contributed by atoms with van der Waals surface area (Å²) in [6, 6.07) is 5.74. The second-order valence-electron chi connectivity index (χ2n) is 4.32. The number of benzene rings is 1. The molecule has 0 saturated heterocycles. The first-order valence-electron chi connectivity index (χ1n) is 6.48. The number of hydrogen-bond donors (Lipinski definition) is 2. The normalized spacial score (nSPS) is 12.4. The lowest BCUT2D eigenvalue weighted by molar-refractivity contribution is 0.106. The van der Waals surface area contributed by atoms with Crippen molar-refractivity contribution >= 4 is 0 Å². The minimum atomic E-state index is -0.576. The summed E-state index contributed by atoms with van der Waals surface area (Å²) in [7, 11) is 1.68. The van der Waals surface area contributed by atoms with Gasteiger partial charge in [-0.05, 0) is 43.7 Å². The highest BCUT2D eigenvalue weighted by Crippen LogP contribution is 2.11. The van der Waals surface area contributed by atoms with E-state index in [0.29, 0.717) is 12.3 Å². The maximum absolute atomic E-state index is 12.7. The monoisotopic (exact) mass is 271 g/mol. The molecule has 0 aliphatic carbocycles. The minimum absolute atomic E-state index is 0.191. The lowest BCUT2D eigenvalue weighted by atomic mass is 10.3. The van der Waals surface area contributed by atoms with Crippen LogP contribution in [0.1, 0.15) is 12.8 Å². The fraction of sp³-hybridized carbons (Fsp3) is 0.571. The molecule has 2 N–H and O–H groups in total. The molecule has 4 nitrogen and oxygen atoms in total. The Morgan fingerprint density at radius 1 is 1.26 bits per heavy atom. The molecule has 0 aliphatic rings. The fourth-order valence-corrected chi connectivity index (χ4v) is 1.55. The fourth-order valence-electron chi connectivity index (χ4n) is 1.55. The van der Waals surface area contributed by atoms with E-state index in [2.05, 4.69) is 5.32 Å². The van der Waals surface area contributed by atoms with Crippen LogP contribution in [0.2, 0.25) is 0 Å². The average molecular weight is 271 g/mol. The second-order valence-corrected chi connectivity index (χ2v) is 4.32. The maximum atomic E-state index is 12.7. The third-order valence-corrected chi connectivity index (χ3v) is 2.59. The summed E-state index contributed by atoms with van der Waals surface area (Å²) >= 11 is 0. The maximum Gasteiger partial charge on any atom is 0.123 e. The van der Waals surface area contributed by atoms with Crippen molar-refractivity contribution in [3.8, 4) is 5.75 Å². The molecule has 108 valence electrons. The second kappa shape index (κ2) is 9.72. The van der Waals surface area contributed by atoms with Gasteiger partial charge in [0.25, 0.3) is 0 Å². The van der Waals surface area contributed by atoms with Crippen LogP contribution >= 0.6 is 0 Å². The van der Waals surface area contributed by atoms with Gasteiger partial charge in [-0.3, -0.25) is 0 Å². The minimum Gasteiger partial charge on any atom is -0.491 e. The first kappa shape index (κ1) is 15.9. The van der Waals surface area contributed by atoms with E-state index < -0.39 is 6.10 Å². The molecule has 0 spiro atoms. The quantitative estimate of drug-likeness (QED) is 0.634. The average Bonchev–Trinajstić information content (AvgIpc) is 2.42. The molecule has 1 atom stereocenters. The van der Waals surface area contributed by atoms with Crippen molar-refractivity contribution in [2.24, 2.45) is 0 Å². The van der Waals surface area contributed by atoms with Crippen LogP contribution in [0.5, 0.6) is 5.75 Å². The SMILES string of the molecule is COCCCCNCC(O)COc1ccc(F)cc1.